The van der Waals surface area contributed by atoms with Gasteiger partial charge in [0.05, 0.1) is 25.0 Å². The zero-order valence-corrected chi connectivity index (χ0v) is 18.7. The lowest BCUT2D eigenvalue weighted by Gasteiger charge is -2.34. The fraction of sp³-hybridized carbons (Fsp3) is 0.435. The molecule has 2 fully saturated rings. The fourth-order valence-electron chi connectivity index (χ4n) is 4.82. The van der Waals surface area contributed by atoms with Crippen LogP contribution in [0, 0.1) is 0 Å². The van der Waals surface area contributed by atoms with Gasteiger partial charge in [-0.1, -0.05) is 17.3 Å². The number of hydrogen-bond acceptors (Lipinski definition) is 10. The molecule has 1 aromatic carbocycles. The number of fused-ring (bicyclic) bond motifs is 1. The summed E-state index contributed by atoms with van der Waals surface area (Å²) in [5.74, 6) is 0.543. The third-order valence-corrected chi connectivity index (χ3v) is 6.71. The Bertz CT molecular complexity index is 1240. The van der Waals surface area contributed by atoms with Crippen molar-refractivity contribution < 1.29 is 34.4 Å². The van der Waals surface area contributed by atoms with Gasteiger partial charge in [-0.2, -0.15) is 0 Å². The van der Waals surface area contributed by atoms with Crippen molar-refractivity contribution in [3.8, 4) is 5.75 Å². The molecule has 5 atom stereocenters. The number of para-hydroxylation sites is 2. The van der Waals surface area contributed by atoms with Crippen LogP contribution in [0.15, 0.2) is 48.8 Å². The van der Waals surface area contributed by atoms with Gasteiger partial charge in [0.25, 0.3) is 0 Å². The van der Waals surface area contributed by atoms with Crippen LogP contribution in [-0.2, 0) is 22.7 Å². The first-order chi connectivity index (χ1) is 16.9. The van der Waals surface area contributed by atoms with Gasteiger partial charge in [-0.15, -0.1) is 5.10 Å². The summed E-state index contributed by atoms with van der Waals surface area (Å²) < 4.78 is 14.6. The first kappa shape index (κ1) is 22.2. The number of aliphatic hydroxyl groups excluding tert-OH is 3. The molecule has 3 aliphatic heterocycles. The zero-order chi connectivity index (χ0) is 24.2. The summed E-state index contributed by atoms with van der Waals surface area (Å²) in [6.45, 7) is 0.970. The first-order valence-corrected chi connectivity index (χ1v) is 11.4. The molecule has 0 bridgehead atoms. The smallest absolute Gasteiger partial charge is 0.215 e. The van der Waals surface area contributed by atoms with E-state index in [2.05, 4.69) is 10.3 Å². The van der Waals surface area contributed by atoms with Gasteiger partial charge in [0.1, 0.15) is 42.0 Å². The second-order valence-electron chi connectivity index (χ2n) is 9.01. The van der Waals surface area contributed by atoms with E-state index in [1.54, 1.807) is 17.3 Å². The largest absolute Gasteiger partial charge is 0.485 e. The molecule has 2 saturated heterocycles. The van der Waals surface area contributed by atoms with Gasteiger partial charge in [-0.3, -0.25) is 9.63 Å². The van der Waals surface area contributed by atoms with Gasteiger partial charge in [0.2, 0.25) is 5.78 Å². The molecule has 3 aromatic rings. The lowest BCUT2D eigenvalue weighted by atomic mass is 9.96. The molecule has 0 amide bonds. The molecular weight excluding hydrogens is 458 g/mol. The number of ether oxygens (including phenoxy) is 2. The van der Waals surface area contributed by atoms with E-state index in [1.807, 2.05) is 41.1 Å². The Morgan fingerprint density at radius 3 is 2.86 bits per heavy atom. The molecule has 1 unspecified atom stereocenters. The van der Waals surface area contributed by atoms with Crippen molar-refractivity contribution in [1.82, 2.24) is 19.6 Å². The van der Waals surface area contributed by atoms with E-state index in [9.17, 15) is 20.1 Å². The summed E-state index contributed by atoms with van der Waals surface area (Å²) in [5.41, 5.74) is 0.934. The van der Waals surface area contributed by atoms with E-state index in [0.29, 0.717) is 42.3 Å². The predicted octanol–water partition coefficient (Wildman–Crippen LogP) is 0.0471. The van der Waals surface area contributed by atoms with Crippen LogP contribution in [-0.4, -0.2) is 77.7 Å². The minimum atomic E-state index is -1.35. The van der Waals surface area contributed by atoms with Gasteiger partial charge in [0, 0.05) is 19.2 Å². The van der Waals surface area contributed by atoms with Crippen LogP contribution in [0.4, 0.5) is 5.69 Å². The van der Waals surface area contributed by atoms with Crippen molar-refractivity contribution in [3.05, 3.63) is 60.2 Å². The van der Waals surface area contributed by atoms with Gasteiger partial charge in [-0.25, -0.2) is 9.75 Å². The number of Topliss-reactive ketones (excluding diaryl/α,β-unsaturated/α-hetero) is 1. The molecule has 3 N–H and O–H groups in total. The van der Waals surface area contributed by atoms with Crippen molar-refractivity contribution in [2.24, 2.45) is 0 Å². The molecule has 12 heteroatoms. The lowest BCUT2D eigenvalue weighted by molar-refractivity contribution is -0.214. The maximum atomic E-state index is 13.0. The molecule has 5 heterocycles. The Hall–Kier alpha value is -3.29. The summed E-state index contributed by atoms with van der Waals surface area (Å²) in [6.07, 6.45) is -0.827. The first-order valence-electron chi connectivity index (χ1n) is 11.4. The maximum absolute atomic E-state index is 13.0. The van der Waals surface area contributed by atoms with Crippen LogP contribution >= 0.6 is 0 Å². The molecule has 0 radical (unpaired) electrons. The Kier molecular flexibility index (Phi) is 5.34. The minimum absolute atomic E-state index is 0.00947. The number of carbonyl (C=O) groups excluding carboxylic acids is 1. The third-order valence-electron chi connectivity index (χ3n) is 6.71. The Morgan fingerprint density at radius 1 is 1.14 bits per heavy atom. The normalized spacial score (nSPS) is 30.3. The number of anilines is 1. The number of nitrogens with zero attached hydrogens (tertiary/aromatic N) is 5. The van der Waals surface area contributed by atoms with Crippen molar-refractivity contribution in [1.29, 1.82) is 0 Å². The molecule has 0 aliphatic carbocycles. The van der Waals surface area contributed by atoms with E-state index in [-0.39, 0.29) is 19.0 Å². The molecule has 2 aromatic heterocycles. The molecule has 184 valence electrons. The number of aromatic nitrogens is 4. The third kappa shape index (κ3) is 3.70. The highest BCUT2D eigenvalue weighted by atomic mass is 16.7. The van der Waals surface area contributed by atoms with Crippen LogP contribution in [0.5, 0.6) is 5.75 Å². The van der Waals surface area contributed by atoms with Gasteiger partial charge in [-0.05, 0) is 24.3 Å². The molecule has 0 saturated carbocycles. The maximum Gasteiger partial charge on any atom is 0.215 e. The number of carbonyl (C=O) groups is 1. The second kappa shape index (κ2) is 8.43. The summed E-state index contributed by atoms with van der Waals surface area (Å²) in [6, 6.07) is 11.1. The van der Waals surface area contributed by atoms with Gasteiger partial charge < -0.3 is 29.4 Å². The minimum Gasteiger partial charge on any atom is -0.485 e. The van der Waals surface area contributed by atoms with Crippen molar-refractivity contribution >= 4 is 11.5 Å². The van der Waals surface area contributed by atoms with E-state index in [1.165, 1.54) is 4.68 Å². The highest BCUT2D eigenvalue weighted by Gasteiger charge is 2.52. The van der Waals surface area contributed by atoms with E-state index in [0.717, 1.165) is 0 Å². The van der Waals surface area contributed by atoms with Crippen molar-refractivity contribution in [3.63, 3.8) is 0 Å². The summed E-state index contributed by atoms with van der Waals surface area (Å²) in [4.78, 5) is 19.2. The molecule has 3 aliphatic rings. The Balaban J connectivity index is 1.14. The zero-order valence-electron chi connectivity index (χ0n) is 18.7. The van der Waals surface area contributed by atoms with Crippen LogP contribution in [0.3, 0.4) is 0 Å². The highest BCUT2D eigenvalue weighted by Crippen LogP contribution is 2.41. The summed E-state index contributed by atoms with van der Waals surface area (Å²) in [7, 11) is 0. The van der Waals surface area contributed by atoms with Crippen molar-refractivity contribution in [2.75, 3.05) is 18.2 Å². The summed E-state index contributed by atoms with van der Waals surface area (Å²) >= 11 is 0. The van der Waals surface area contributed by atoms with Crippen LogP contribution < -0.4 is 9.80 Å². The number of hydrogen-bond donors (Lipinski definition) is 3. The number of aliphatic hydroxyl groups is 3. The number of hydroxylamine groups is 1. The van der Waals surface area contributed by atoms with Crippen molar-refractivity contribution in [2.45, 2.75) is 49.7 Å². The van der Waals surface area contributed by atoms with Crippen LogP contribution in [0.2, 0.25) is 0 Å². The second-order valence-corrected chi connectivity index (χ2v) is 9.01. The lowest BCUT2D eigenvalue weighted by Crippen LogP contribution is -2.50. The quantitative estimate of drug-likeness (QED) is 0.455. The van der Waals surface area contributed by atoms with Gasteiger partial charge >= 0.3 is 0 Å². The number of rotatable bonds is 5. The van der Waals surface area contributed by atoms with E-state index < -0.39 is 30.1 Å². The molecule has 35 heavy (non-hydrogen) atoms. The molecule has 6 rings (SSSR count). The number of benzene rings is 1. The standard InChI is InChI=1S/C23H25N5O7/c29-17-12-34-22(20(31)19(17)30)27-10-14(24-25-27)11-33-18-6-2-1-4-15(18)28-9-7-23(35-28)13-26-8-3-5-16(26)21(23)32/h1-6,8,10,17,19-20,22,29-31H,7,9,11-13H2/t17-,19-,20+,22-,23?/m0/s1. The highest BCUT2D eigenvalue weighted by molar-refractivity contribution is 6.03. The number of ketones is 1. The Morgan fingerprint density at radius 2 is 2.00 bits per heavy atom. The predicted molar refractivity (Wildman–Crippen MR) is 118 cm³/mol. The van der Waals surface area contributed by atoms with Crippen LogP contribution in [0.25, 0.3) is 0 Å². The molecule has 1 spiro atoms. The summed E-state index contributed by atoms with van der Waals surface area (Å²) in [5, 5.41) is 39.4. The SMILES string of the molecule is O=C1c2cccn2CC12CCN(c1ccccc1OCc1cn([C@H]3OC[C@H](O)[C@H](O)[C@H]3O)nn1)O2. The molecule has 12 nitrogen and oxygen atoms in total. The van der Waals surface area contributed by atoms with E-state index in [4.69, 9.17) is 14.3 Å². The fourth-order valence-corrected chi connectivity index (χ4v) is 4.82. The van der Waals surface area contributed by atoms with E-state index >= 15 is 0 Å². The molecular formula is C23H25N5O7. The Labute approximate surface area is 199 Å². The monoisotopic (exact) mass is 483 g/mol. The topological polar surface area (TPSA) is 144 Å². The average Bonchev–Trinajstić information content (AvgIpc) is 3.65. The average molecular weight is 483 g/mol. The van der Waals surface area contributed by atoms with Crippen LogP contribution in [0.1, 0.15) is 28.8 Å². The van der Waals surface area contributed by atoms with Gasteiger partial charge in [0.15, 0.2) is 11.8 Å².